The van der Waals surface area contributed by atoms with Crippen molar-refractivity contribution in [2.75, 3.05) is 6.61 Å². The summed E-state index contributed by atoms with van der Waals surface area (Å²) in [5.74, 6) is 0.795. The first-order valence-corrected chi connectivity index (χ1v) is 4.96. The van der Waals surface area contributed by atoms with E-state index in [0.29, 0.717) is 6.10 Å². The van der Waals surface area contributed by atoms with E-state index in [4.69, 9.17) is 4.74 Å². The molecule has 0 saturated carbocycles. The molecule has 2 atom stereocenters. The molecule has 2 unspecified atom stereocenters. The van der Waals surface area contributed by atoms with E-state index >= 15 is 0 Å². The van der Waals surface area contributed by atoms with Crippen LogP contribution in [0.4, 0.5) is 0 Å². The lowest BCUT2D eigenvalue weighted by Crippen LogP contribution is -2.26. The third-order valence-corrected chi connectivity index (χ3v) is 2.17. The minimum Gasteiger partial charge on any atom is -0.378 e. The van der Waals surface area contributed by atoms with E-state index in [9.17, 15) is 0 Å². The maximum atomic E-state index is 5.54. The zero-order valence-corrected chi connectivity index (χ0v) is 8.39. The third kappa shape index (κ3) is 3.76. The molecule has 1 fully saturated rings. The molecule has 0 aromatic heterocycles. The smallest absolute Gasteiger partial charge is 0.0598 e. The van der Waals surface area contributed by atoms with Crippen LogP contribution in [0.1, 0.15) is 47.0 Å². The predicted octanol–water partition coefficient (Wildman–Crippen LogP) is 3.24. The molecule has 1 aliphatic heterocycles. The highest BCUT2D eigenvalue weighted by Crippen LogP contribution is 2.21. The van der Waals surface area contributed by atoms with Gasteiger partial charge in [-0.05, 0) is 25.2 Å². The maximum Gasteiger partial charge on any atom is 0.0598 e. The van der Waals surface area contributed by atoms with Crippen molar-refractivity contribution in [3.63, 3.8) is 0 Å². The summed E-state index contributed by atoms with van der Waals surface area (Å²) in [4.78, 5) is 0. The number of hydrogen-bond donors (Lipinski definition) is 0. The fourth-order valence-electron chi connectivity index (χ4n) is 1.51. The Hall–Kier alpha value is -0.0400. The molecule has 0 spiro atoms. The molecule has 1 nitrogen and oxygen atoms in total. The van der Waals surface area contributed by atoms with Crippen LogP contribution in [-0.4, -0.2) is 12.7 Å². The average Bonchev–Trinajstić information content (AvgIpc) is 2.09. The second-order valence-electron chi connectivity index (χ2n) is 2.94. The van der Waals surface area contributed by atoms with Crippen LogP contribution in [0.15, 0.2) is 0 Å². The maximum absolute atomic E-state index is 5.54. The summed E-state index contributed by atoms with van der Waals surface area (Å²) < 4.78 is 5.54. The average molecular weight is 158 g/mol. The van der Waals surface area contributed by atoms with Crippen LogP contribution in [0, 0.1) is 5.92 Å². The number of ether oxygens (including phenoxy) is 1. The monoisotopic (exact) mass is 158 g/mol. The SMILES string of the molecule is CC.CCC1OCCCC1C. The molecule has 11 heavy (non-hydrogen) atoms. The Labute approximate surface area is 71.1 Å². The molecule has 0 radical (unpaired) electrons. The van der Waals surface area contributed by atoms with E-state index in [1.54, 1.807) is 0 Å². The van der Waals surface area contributed by atoms with Gasteiger partial charge in [0.25, 0.3) is 0 Å². The lowest BCUT2D eigenvalue weighted by Gasteiger charge is -2.27. The van der Waals surface area contributed by atoms with Crippen LogP contribution >= 0.6 is 0 Å². The fourth-order valence-corrected chi connectivity index (χ4v) is 1.51. The summed E-state index contributed by atoms with van der Waals surface area (Å²) in [6.07, 6.45) is 4.36. The molecule has 0 aliphatic carbocycles. The van der Waals surface area contributed by atoms with Crippen LogP contribution in [0.3, 0.4) is 0 Å². The van der Waals surface area contributed by atoms with Crippen molar-refractivity contribution in [2.24, 2.45) is 5.92 Å². The van der Waals surface area contributed by atoms with Gasteiger partial charge < -0.3 is 4.74 Å². The van der Waals surface area contributed by atoms with Gasteiger partial charge in [0, 0.05) is 6.61 Å². The van der Waals surface area contributed by atoms with Gasteiger partial charge in [0.15, 0.2) is 0 Å². The van der Waals surface area contributed by atoms with Gasteiger partial charge in [-0.25, -0.2) is 0 Å². The molecule has 1 heterocycles. The molecule has 1 saturated heterocycles. The van der Waals surface area contributed by atoms with Gasteiger partial charge >= 0.3 is 0 Å². The lowest BCUT2D eigenvalue weighted by molar-refractivity contribution is -0.0217. The Morgan fingerprint density at radius 2 is 2.00 bits per heavy atom. The van der Waals surface area contributed by atoms with Crippen LogP contribution in [0.5, 0.6) is 0 Å². The van der Waals surface area contributed by atoms with Crippen LogP contribution in [-0.2, 0) is 4.74 Å². The molecule has 0 N–H and O–H groups in total. The molecule has 0 aromatic rings. The van der Waals surface area contributed by atoms with Crippen molar-refractivity contribution in [3.05, 3.63) is 0 Å². The van der Waals surface area contributed by atoms with Gasteiger partial charge in [-0.2, -0.15) is 0 Å². The van der Waals surface area contributed by atoms with Crippen molar-refractivity contribution in [1.29, 1.82) is 0 Å². The minimum absolute atomic E-state index is 0.554. The minimum atomic E-state index is 0.554. The van der Waals surface area contributed by atoms with E-state index < -0.39 is 0 Å². The second kappa shape index (κ2) is 6.66. The molecule has 68 valence electrons. The molecule has 0 bridgehead atoms. The van der Waals surface area contributed by atoms with Gasteiger partial charge in [0.1, 0.15) is 0 Å². The Kier molecular flexibility index (Phi) is 6.63. The lowest BCUT2D eigenvalue weighted by atomic mass is 9.95. The van der Waals surface area contributed by atoms with Crippen LogP contribution in [0.25, 0.3) is 0 Å². The highest BCUT2D eigenvalue weighted by atomic mass is 16.5. The Balaban J connectivity index is 0.000000461. The topological polar surface area (TPSA) is 9.23 Å². The van der Waals surface area contributed by atoms with Gasteiger partial charge in [0.2, 0.25) is 0 Å². The van der Waals surface area contributed by atoms with Crippen molar-refractivity contribution in [3.8, 4) is 0 Å². The molecular weight excluding hydrogens is 136 g/mol. The molecule has 1 rings (SSSR count). The van der Waals surface area contributed by atoms with E-state index in [0.717, 1.165) is 12.5 Å². The quantitative estimate of drug-likeness (QED) is 0.569. The van der Waals surface area contributed by atoms with Crippen molar-refractivity contribution in [2.45, 2.75) is 53.1 Å². The van der Waals surface area contributed by atoms with E-state index in [1.165, 1.54) is 19.3 Å². The summed E-state index contributed by atoms with van der Waals surface area (Å²) in [5.41, 5.74) is 0. The Morgan fingerprint density at radius 3 is 2.36 bits per heavy atom. The van der Waals surface area contributed by atoms with Gasteiger partial charge in [-0.3, -0.25) is 0 Å². The van der Waals surface area contributed by atoms with E-state index in [2.05, 4.69) is 13.8 Å². The molecular formula is C10H22O. The van der Waals surface area contributed by atoms with Crippen molar-refractivity contribution in [1.82, 2.24) is 0 Å². The second-order valence-corrected chi connectivity index (χ2v) is 2.94. The summed E-state index contributed by atoms with van der Waals surface area (Å²) in [5, 5.41) is 0. The zero-order valence-electron chi connectivity index (χ0n) is 8.39. The molecule has 1 aliphatic rings. The van der Waals surface area contributed by atoms with Gasteiger partial charge in [-0.1, -0.05) is 27.7 Å². The Morgan fingerprint density at radius 1 is 1.36 bits per heavy atom. The first kappa shape index (κ1) is 11.0. The summed E-state index contributed by atoms with van der Waals surface area (Å²) >= 11 is 0. The van der Waals surface area contributed by atoms with E-state index in [-0.39, 0.29) is 0 Å². The number of hydrogen-bond acceptors (Lipinski definition) is 1. The fraction of sp³-hybridized carbons (Fsp3) is 1.00. The summed E-state index contributed by atoms with van der Waals surface area (Å²) in [6.45, 7) is 9.47. The van der Waals surface area contributed by atoms with Crippen molar-refractivity contribution >= 4 is 0 Å². The Bertz CT molecular complexity index is 80.9. The first-order valence-electron chi connectivity index (χ1n) is 4.96. The predicted molar refractivity (Wildman–Crippen MR) is 49.8 cm³/mol. The van der Waals surface area contributed by atoms with Crippen LogP contribution < -0.4 is 0 Å². The van der Waals surface area contributed by atoms with Crippen molar-refractivity contribution < 1.29 is 4.74 Å². The highest BCUT2D eigenvalue weighted by molar-refractivity contribution is 4.68. The summed E-state index contributed by atoms with van der Waals surface area (Å²) in [7, 11) is 0. The molecule has 1 heteroatoms. The van der Waals surface area contributed by atoms with Gasteiger partial charge in [-0.15, -0.1) is 0 Å². The number of rotatable bonds is 1. The molecule has 0 amide bonds. The molecule has 0 aromatic carbocycles. The third-order valence-electron chi connectivity index (χ3n) is 2.17. The van der Waals surface area contributed by atoms with Crippen LogP contribution in [0.2, 0.25) is 0 Å². The highest BCUT2D eigenvalue weighted by Gasteiger charge is 2.19. The largest absolute Gasteiger partial charge is 0.378 e. The summed E-state index contributed by atoms with van der Waals surface area (Å²) in [6, 6.07) is 0. The standard InChI is InChI=1S/C8H16O.C2H6/c1-3-8-7(2)5-4-6-9-8;1-2/h7-8H,3-6H2,1-2H3;1-2H3. The first-order chi connectivity index (χ1) is 5.34. The van der Waals surface area contributed by atoms with E-state index in [1.807, 2.05) is 13.8 Å². The zero-order chi connectivity index (χ0) is 8.69. The normalized spacial score (nSPS) is 30.5. The van der Waals surface area contributed by atoms with Gasteiger partial charge in [0.05, 0.1) is 6.10 Å².